The molecule has 0 aromatic rings. The van der Waals surface area contributed by atoms with Crippen molar-refractivity contribution in [2.75, 3.05) is 0 Å². The van der Waals surface area contributed by atoms with E-state index in [4.69, 9.17) is 4.52 Å². The average molecular weight is 234 g/mol. The van der Waals surface area contributed by atoms with E-state index in [1.165, 1.54) is 0 Å². The molecule has 2 atom stereocenters. The summed E-state index contributed by atoms with van der Waals surface area (Å²) in [6.45, 7) is 17.3. The molecule has 0 aromatic heterocycles. The molecule has 0 radical (unpaired) electrons. The quantitative estimate of drug-likeness (QED) is 0.410. The number of hydrogen-bond acceptors (Lipinski definition) is 1. The van der Waals surface area contributed by atoms with Crippen LogP contribution in [-0.4, -0.2) is 26.9 Å². The van der Waals surface area contributed by atoms with Crippen molar-refractivity contribution in [2.24, 2.45) is 0 Å². The van der Waals surface area contributed by atoms with Crippen molar-refractivity contribution in [2.45, 2.75) is 57.0 Å². The van der Waals surface area contributed by atoms with Crippen LogP contribution < -0.4 is 0 Å². The van der Waals surface area contributed by atoms with Gasteiger partial charge in [0.1, 0.15) is 5.85 Å². The zero-order valence-electron chi connectivity index (χ0n) is 10.0. The molecule has 0 spiro atoms. The minimum absolute atomic E-state index is 0.0278. The summed E-state index contributed by atoms with van der Waals surface area (Å²) in [5.74, 6) is 0.610. The van der Waals surface area contributed by atoms with Crippen LogP contribution in [0.4, 0.5) is 0 Å². The van der Waals surface area contributed by atoms with Gasteiger partial charge in [-0.15, -0.1) is 0 Å². The van der Waals surface area contributed by atoms with Crippen molar-refractivity contribution in [3.63, 3.8) is 0 Å². The standard InChI is InChI=1S/C9H23OPSi2/c1-8-10-11(8)9(12(2,3)4)13(5,6)7/h8-9H,1-7H3. The first-order valence-electron chi connectivity index (χ1n) is 5.09. The Kier molecular flexibility index (Phi) is 3.15. The highest BCUT2D eigenvalue weighted by atomic mass is 31.2. The number of rotatable bonds is 3. The predicted octanol–water partition coefficient (Wildman–Crippen LogP) is 3.88. The van der Waals surface area contributed by atoms with E-state index in [9.17, 15) is 0 Å². The summed E-state index contributed by atoms with van der Waals surface area (Å²) in [6.07, 6.45) is 0. The van der Waals surface area contributed by atoms with Gasteiger partial charge in [0.05, 0.1) is 24.3 Å². The topological polar surface area (TPSA) is 12.5 Å². The normalized spacial score (nSPS) is 29.5. The molecule has 0 aromatic carbocycles. The highest BCUT2D eigenvalue weighted by Crippen LogP contribution is 2.67. The molecule has 0 N–H and O–H groups in total. The van der Waals surface area contributed by atoms with E-state index < -0.39 is 16.1 Å². The maximum absolute atomic E-state index is 5.77. The Balaban J connectivity index is 2.78. The van der Waals surface area contributed by atoms with Crippen molar-refractivity contribution in [1.82, 2.24) is 0 Å². The third-order valence-electron chi connectivity index (χ3n) is 2.48. The lowest BCUT2D eigenvalue weighted by Crippen LogP contribution is -2.51. The molecule has 78 valence electrons. The predicted molar refractivity (Wildman–Crippen MR) is 67.9 cm³/mol. The van der Waals surface area contributed by atoms with E-state index in [1.807, 2.05) is 0 Å². The lowest BCUT2D eigenvalue weighted by atomic mass is 10.9. The van der Waals surface area contributed by atoms with E-state index in [1.54, 1.807) is 0 Å². The van der Waals surface area contributed by atoms with Gasteiger partial charge in [0.25, 0.3) is 0 Å². The zero-order chi connectivity index (χ0) is 10.4. The Labute approximate surface area is 86.1 Å². The van der Waals surface area contributed by atoms with Gasteiger partial charge in [-0.05, 0) is 11.8 Å². The molecule has 1 heterocycles. The van der Waals surface area contributed by atoms with Gasteiger partial charge in [0, 0.05) is 0 Å². The first kappa shape index (κ1) is 11.9. The molecule has 0 aliphatic carbocycles. The Morgan fingerprint density at radius 3 is 1.38 bits per heavy atom. The van der Waals surface area contributed by atoms with Crippen LogP contribution in [0.15, 0.2) is 0 Å². The minimum Gasteiger partial charge on any atom is -0.347 e. The molecular weight excluding hydrogens is 211 g/mol. The molecule has 13 heavy (non-hydrogen) atoms. The zero-order valence-corrected chi connectivity index (χ0v) is 12.9. The number of hydrogen-bond donors (Lipinski definition) is 0. The Morgan fingerprint density at radius 1 is 1.00 bits per heavy atom. The second-order valence-corrected chi connectivity index (χ2v) is 20.5. The molecule has 1 saturated heterocycles. The van der Waals surface area contributed by atoms with Gasteiger partial charge in [-0.25, -0.2) is 0 Å². The summed E-state index contributed by atoms with van der Waals surface area (Å²) in [7, 11) is -2.03. The minimum atomic E-state index is -0.999. The van der Waals surface area contributed by atoms with Crippen LogP contribution in [0.2, 0.25) is 39.3 Å². The fraction of sp³-hybridized carbons (Fsp3) is 1.00. The summed E-state index contributed by atoms with van der Waals surface area (Å²) >= 11 is 0. The summed E-state index contributed by atoms with van der Waals surface area (Å²) in [5, 5.41) is 0. The molecule has 0 amide bonds. The first-order valence-corrected chi connectivity index (χ1v) is 13.6. The molecular formula is C9H23OPSi2. The van der Waals surface area contributed by atoms with Crippen LogP contribution in [0.1, 0.15) is 6.92 Å². The molecule has 1 aliphatic heterocycles. The maximum Gasteiger partial charge on any atom is 0.103 e. The molecule has 1 rings (SSSR count). The Bertz CT molecular complexity index is 181. The molecule has 0 bridgehead atoms. The lowest BCUT2D eigenvalue weighted by Gasteiger charge is -2.37. The summed E-state index contributed by atoms with van der Waals surface area (Å²) in [5.41, 5.74) is 0. The molecule has 1 aliphatic rings. The highest BCUT2D eigenvalue weighted by molar-refractivity contribution is 7.66. The van der Waals surface area contributed by atoms with Gasteiger partial charge in [-0.1, -0.05) is 39.3 Å². The van der Waals surface area contributed by atoms with E-state index in [-0.39, 0.29) is 8.15 Å². The van der Waals surface area contributed by atoms with Gasteiger partial charge in [-0.2, -0.15) is 0 Å². The van der Waals surface area contributed by atoms with Gasteiger partial charge in [0.15, 0.2) is 0 Å². The van der Waals surface area contributed by atoms with Gasteiger partial charge in [-0.3, -0.25) is 0 Å². The van der Waals surface area contributed by atoms with Crippen molar-refractivity contribution in [3.8, 4) is 0 Å². The molecule has 1 nitrogen and oxygen atoms in total. The second kappa shape index (κ2) is 3.44. The molecule has 1 fully saturated rings. The third-order valence-corrected chi connectivity index (χ3v) is 18.8. The molecule has 2 unspecified atom stereocenters. The van der Waals surface area contributed by atoms with Crippen molar-refractivity contribution in [1.29, 1.82) is 0 Å². The van der Waals surface area contributed by atoms with Crippen molar-refractivity contribution < 1.29 is 4.52 Å². The van der Waals surface area contributed by atoms with Crippen LogP contribution >= 0.6 is 8.15 Å². The van der Waals surface area contributed by atoms with E-state index >= 15 is 0 Å². The van der Waals surface area contributed by atoms with E-state index in [0.29, 0.717) is 5.85 Å². The summed E-state index contributed by atoms with van der Waals surface area (Å²) < 4.78 is 5.77. The third kappa shape index (κ3) is 2.88. The van der Waals surface area contributed by atoms with Crippen LogP contribution in [0.25, 0.3) is 0 Å². The molecule has 4 heteroatoms. The smallest absolute Gasteiger partial charge is 0.103 e. The highest BCUT2D eigenvalue weighted by Gasteiger charge is 2.52. The fourth-order valence-corrected chi connectivity index (χ4v) is 21.6. The maximum atomic E-state index is 5.77. The van der Waals surface area contributed by atoms with Crippen molar-refractivity contribution in [3.05, 3.63) is 0 Å². The van der Waals surface area contributed by atoms with Crippen molar-refractivity contribution >= 4 is 24.3 Å². The van der Waals surface area contributed by atoms with E-state index in [2.05, 4.69) is 46.2 Å². The van der Waals surface area contributed by atoms with Gasteiger partial charge in [0.2, 0.25) is 0 Å². The Morgan fingerprint density at radius 2 is 1.31 bits per heavy atom. The van der Waals surface area contributed by atoms with Gasteiger partial charge < -0.3 is 4.52 Å². The lowest BCUT2D eigenvalue weighted by molar-refractivity contribution is 0.481. The van der Waals surface area contributed by atoms with Gasteiger partial charge >= 0.3 is 0 Å². The second-order valence-electron chi connectivity index (χ2n) is 6.20. The molecule has 0 saturated carbocycles. The van der Waals surface area contributed by atoms with E-state index in [0.717, 1.165) is 4.91 Å². The summed E-state index contributed by atoms with van der Waals surface area (Å²) in [4.78, 5) is 0.991. The fourth-order valence-electron chi connectivity index (χ4n) is 2.48. The van der Waals surface area contributed by atoms with Crippen LogP contribution in [0, 0.1) is 0 Å². The summed E-state index contributed by atoms with van der Waals surface area (Å²) in [6, 6.07) is 0. The average Bonchev–Trinajstić information content (AvgIpc) is 2.37. The largest absolute Gasteiger partial charge is 0.347 e. The SMILES string of the molecule is CC1OP1C([Si](C)(C)C)[Si](C)(C)C. The van der Waals surface area contributed by atoms with Crippen LogP contribution in [0.3, 0.4) is 0 Å². The van der Waals surface area contributed by atoms with Crippen LogP contribution in [-0.2, 0) is 4.52 Å². The Hall–Kier alpha value is 0.824. The first-order chi connectivity index (χ1) is 5.64. The van der Waals surface area contributed by atoms with Crippen LogP contribution in [0.5, 0.6) is 0 Å². The monoisotopic (exact) mass is 234 g/mol.